The molecule has 3 rings (SSSR count). The lowest BCUT2D eigenvalue weighted by atomic mass is 10.1. The van der Waals surface area contributed by atoms with Crippen molar-refractivity contribution in [1.82, 2.24) is 9.21 Å². The fourth-order valence-corrected chi connectivity index (χ4v) is 4.89. The molecule has 0 bridgehead atoms. The smallest absolute Gasteiger partial charge is 0.254 e. The van der Waals surface area contributed by atoms with Gasteiger partial charge >= 0.3 is 0 Å². The van der Waals surface area contributed by atoms with Crippen LogP contribution in [0.1, 0.15) is 48.1 Å². The van der Waals surface area contributed by atoms with Crippen molar-refractivity contribution in [3.8, 4) is 0 Å². The fourth-order valence-electron chi connectivity index (χ4n) is 3.37. The van der Waals surface area contributed by atoms with Crippen LogP contribution >= 0.6 is 0 Å². The summed E-state index contributed by atoms with van der Waals surface area (Å²) in [7, 11) is -1.84. The zero-order valence-electron chi connectivity index (χ0n) is 16.1. The Bertz CT molecular complexity index is 921. The number of sulfonamides is 1. The molecule has 0 radical (unpaired) electrons. The lowest BCUT2D eigenvalue weighted by molar-refractivity contribution is 0.0742. The Morgan fingerprint density at radius 2 is 1.57 bits per heavy atom. The number of nitrogens with zero attached hydrogens (tertiary/aromatic N) is 2. The summed E-state index contributed by atoms with van der Waals surface area (Å²) in [6.07, 6.45) is 2.81. The molecule has 0 N–H and O–H groups in total. The molecule has 1 saturated heterocycles. The average Bonchev–Trinajstić information content (AvgIpc) is 2.73. The molecular weight excluding hydrogens is 379 g/mol. The summed E-state index contributed by atoms with van der Waals surface area (Å²) in [4.78, 5) is 14.5. The molecule has 1 heterocycles. The second-order valence-corrected chi connectivity index (χ2v) is 9.07. The van der Waals surface area contributed by atoms with E-state index < -0.39 is 10.0 Å². The van der Waals surface area contributed by atoms with Gasteiger partial charge in [-0.3, -0.25) is 4.79 Å². The Kier molecular flexibility index (Phi) is 6.15. The van der Waals surface area contributed by atoms with E-state index in [0.717, 1.165) is 24.8 Å². The number of carbonyl (C=O) groups is 1. The van der Waals surface area contributed by atoms with E-state index in [2.05, 4.69) is 0 Å². The van der Waals surface area contributed by atoms with Crippen LogP contribution in [0.5, 0.6) is 0 Å². The lowest BCUT2D eigenvalue weighted by Crippen LogP contribution is -2.35. The molecular formula is C21H25FN2O3S. The minimum Gasteiger partial charge on any atom is -0.335 e. The first-order valence-electron chi connectivity index (χ1n) is 9.43. The minimum atomic E-state index is -3.52. The quantitative estimate of drug-likeness (QED) is 0.761. The molecule has 0 saturated carbocycles. The number of hydrogen-bond donors (Lipinski definition) is 0. The molecule has 1 amide bonds. The molecule has 0 spiro atoms. The van der Waals surface area contributed by atoms with Crippen molar-refractivity contribution in [2.75, 3.05) is 20.1 Å². The van der Waals surface area contributed by atoms with Gasteiger partial charge in [-0.15, -0.1) is 0 Å². The highest BCUT2D eigenvalue weighted by atomic mass is 32.2. The van der Waals surface area contributed by atoms with Crippen molar-refractivity contribution >= 4 is 15.9 Å². The van der Waals surface area contributed by atoms with E-state index in [0.29, 0.717) is 18.7 Å². The number of piperidine rings is 1. The molecule has 7 heteroatoms. The van der Waals surface area contributed by atoms with Crippen LogP contribution in [0.3, 0.4) is 0 Å². The van der Waals surface area contributed by atoms with Gasteiger partial charge in [0.05, 0.1) is 10.9 Å². The van der Waals surface area contributed by atoms with Crippen LogP contribution in [0, 0.1) is 5.82 Å². The fraction of sp³-hybridized carbons (Fsp3) is 0.381. The highest BCUT2D eigenvalue weighted by Crippen LogP contribution is 2.23. The van der Waals surface area contributed by atoms with E-state index in [-0.39, 0.29) is 22.7 Å². The Morgan fingerprint density at radius 3 is 2.14 bits per heavy atom. The lowest BCUT2D eigenvalue weighted by Gasteiger charge is -2.26. The van der Waals surface area contributed by atoms with E-state index in [1.807, 2.05) is 6.92 Å². The Balaban J connectivity index is 1.75. The van der Waals surface area contributed by atoms with Crippen LogP contribution in [0.25, 0.3) is 0 Å². The number of carbonyl (C=O) groups excluding carboxylic acids is 1. The van der Waals surface area contributed by atoms with Crippen LogP contribution in [0.2, 0.25) is 0 Å². The van der Waals surface area contributed by atoms with Gasteiger partial charge < -0.3 is 4.90 Å². The van der Waals surface area contributed by atoms with Crippen LogP contribution in [-0.4, -0.2) is 43.7 Å². The second-order valence-electron chi connectivity index (χ2n) is 7.13. The summed E-state index contributed by atoms with van der Waals surface area (Å²) in [5, 5.41) is 0. The Morgan fingerprint density at radius 1 is 1.00 bits per heavy atom. The number of hydrogen-bond acceptors (Lipinski definition) is 3. The standard InChI is InChI=1S/C21H25FN2O3S/c1-16(17-6-10-19(22)11-7-17)23(2)21(25)18-8-12-20(13-9-18)28(26,27)24-14-4-3-5-15-24/h6-13,16H,3-5,14-15H2,1-2H3/t16-/m0/s1. The van der Waals surface area contributed by atoms with Crippen LogP contribution < -0.4 is 0 Å². The van der Waals surface area contributed by atoms with E-state index in [1.54, 1.807) is 36.2 Å². The zero-order chi connectivity index (χ0) is 20.3. The summed E-state index contributed by atoms with van der Waals surface area (Å²) < 4.78 is 40.1. The number of amides is 1. The molecule has 0 unspecified atom stereocenters. The van der Waals surface area contributed by atoms with E-state index >= 15 is 0 Å². The van der Waals surface area contributed by atoms with Gasteiger partial charge in [0.1, 0.15) is 5.82 Å². The molecule has 150 valence electrons. The van der Waals surface area contributed by atoms with Gasteiger partial charge in [0.25, 0.3) is 5.91 Å². The number of benzene rings is 2. The molecule has 1 aliphatic rings. The predicted molar refractivity (Wildman–Crippen MR) is 106 cm³/mol. The summed E-state index contributed by atoms with van der Waals surface area (Å²) in [5.74, 6) is -0.547. The summed E-state index contributed by atoms with van der Waals surface area (Å²) in [5.41, 5.74) is 1.23. The van der Waals surface area contributed by atoms with Crippen molar-refractivity contribution in [3.05, 3.63) is 65.5 Å². The summed E-state index contributed by atoms with van der Waals surface area (Å²) >= 11 is 0. The van der Waals surface area contributed by atoms with Gasteiger partial charge in [0.2, 0.25) is 10.0 Å². The second kappa shape index (κ2) is 8.41. The third-order valence-electron chi connectivity index (χ3n) is 5.31. The molecule has 1 fully saturated rings. The Labute approximate surface area is 165 Å². The minimum absolute atomic E-state index is 0.209. The Hall–Kier alpha value is -2.25. The average molecular weight is 405 g/mol. The maximum atomic E-state index is 13.1. The normalized spacial score (nSPS) is 16.5. The van der Waals surface area contributed by atoms with Gasteiger partial charge in [0.15, 0.2) is 0 Å². The van der Waals surface area contributed by atoms with Gasteiger partial charge in [-0.25, -0.2) is 12.8 Å². The monoisotopic (exact) mass is 404 g/mol. The largest absolute Gasteiger partial charge is 0.335 e. The summed E-state index contributed by atoms with van der Waals surface area (Å²) in [6, 6.07) is 11.9. The first-order valence-corrected chi connectivity index (χ1v) is 10.9. The van der Waals surface area contributed by atoms with Gasteiger partial charge in [-0.1, -0.05) is 18.6 Å². The van der Waals surface area contributed by atoms with Crippen molar-refractivity contribution < 1.29 is 17.6 Å². The van der Waals surface area contributed by atoms with Gasteiger partial charge in [-0.2, -0.15) is 4.31 Å². The maximum Gasteiger partial charge on any atom is 0.254 e. The van der Waals surface area contributed by atoms with Crippen LogP contribution in [0.4, 0.5) is 4.39 Å². The van der Waals surface area contributed by atoms with Crippen LogP contribution in [-0.2, 0) is 10.0 Å². The van der Waals surface area contributed by atoms with Crippen molar-refractivity contribution in [2.24, 2.45) is 0 Å². The van der Waals surface area contributed by atoms with Gasteiger partial charge in [0, 0.05) is 25.7 Å². The highest BCUT2D eigenvalue weighted by molar-refractivity contribution is 7.89. The zero-order valence-corrected chi connectivity index (χ0v) is 17.0. The van der Waals surface area contributed by atoms with Crippen molar-refractivity contribution in [3.63, 3.8) is 0 Å². The first-order chi connectivity index (χ1) is 13.3. The van der Waals surface area contributed by atoms with Crippen molar-refractivity contribution in [1.29, 1.82) is 0 Å². The molecule has 2 aromatic carbocycles. The third-order valence-corrected chi connectivity index (χ3v) is 7.22. The molecule has 1 aliphatic heterocycles. The van der Waals surface area contributed by atoms with Gasteiger partial charge in [-0.05, 0) is 61.7 Å². The number of rotatable bonds is 5. The molecule has 5 nitrogen and oxygen atoms in total. The van der Waals surface area contributed by atoms with E-state index in [4.69, 9.17) is 0 Å². The predicted octanol–water partition coefficient (Wildman–Crippen LogP) is 3.83. The molecule has 2 aromatic rings. The van der Waals surface area contributed by atoms with Crippen LogP contribution in [0.15, 0.2) is 53.4 Å². The molecule has 0 aromatic heterocycles. The van der Waals surface area contributed by atoms with E-state index in [9.17, 15) is 17.6 Å². The summed E-state index contributed by atoms with van der Waals surface area (Å²) in [6.45, 7) is 2.95. The SMILES string of the molecule is C[C@@H](c1ccc(F)cc1)N(C)C(=O)c1ccc(S(=O)(=O)N2CCCCC2)cc1. The van der Waals surface area contributed by atoms with Crippen molar-refractivity contribution in [2.45, 2.75) is 37.1 Å². The molecule has 0 aliphatic carbocycles. The molecule has 1 atom stereocenters. The topological polar surface area (TPSA) is 57.7 Å². The highest BCUT2D eigenvalue weighted by Gasteiger charge is 2.26. The third kappa shape index (κ3) is 4.25. The number of halogens is 1. The first kappa shape index (κ1) is 20.5. The maximum absolute atomic E-state index is 13.1. The van der Waals surface area contributed by atoms with E-state index in [1.165, 1.54) is 28.6 Å². The molecule has 28 heavy (non-hydrogen) atoms.